The first kappa shape index (κ1) is 41.8. The van der Waals surface area contributed by atoms with Gasteiger partial charge < -0.3 is 19.3 Å². The molecule has 0 amide bonds. The minimum absolute atomic E-state index is 0.0962. The zero-order chi connectivity index (χ0) is 33.7. The molecular formula is C38H66O8. The number of carbonyl (C=O) groups excluding carboxylic acids is 4. The third-order valence-electron chi connectivity index (χ3n) is 8.71. The normalized spacial score (nSPS) is 14.9. The molecule has 1 heterocycles. The van der Waals surface area contributed by atoms with Gasteiger partial charge >= 0.3 is 18.2 Å². The number of Topliss-reactive ketones (excluding diaryl/α,β-unsaturated/α-hetero) is 2. The van der Waals surface area contributed by atoms with Crippen molar-refractivity contribution in [2.75, 3.05) is 6.61 Å². The lowest BCUT2D eigenvalue weighted by Gasteiger charge is -2.24. The van der Waals surface area contributed by atoms with E-state index in [1.165, 1.54) is 116 Å². The van der Waals surface area contributed by atoms with Gasteiger partial charge in [0, 0.05) is 12.8 Å². The highest BCUT2D eigenvalue weighted by Crippen LogP contribution is 2.23. The van der Waals surface area contributed by atoms with Crippen molar-refractivity contribution in [1.29, 1.82) is 0 Å². The second kappa shape index (κ2) is 29.0. The van der Waals surface area contributed by atoms with Crippen molar-refractivity contribution in [2.45, 2.75) is 200 Å². The number of unbranched alkanes of at least 4 members (excludes halogenated alkanes) is 24. The van der Waals surface area contributed by atoms with Crippen molar-refractivity contribution in [1.82, 2.24) is 0 Å². The summed E-state index contributed by atoms with van der Waals surface area (Å²) >= 11 is 0. The second-order valence-electron chi connectivity index (χ2n) is 13.0. The van der Waals surface area contributed by atoms with Crippen LogP contribution in [0.2, 0.25) is 0 Å². The van der Waals surface area contributed by atoms with Gasteiger partial charge in [-0.25, -0.2) is 0 Å². The number of esters is 2. The molecule has 1 unspecified atom stereocenters. The minimum Gasteiger partial charge on any atom is -0.445 e. The van der Waals surface area contributed by atoms with E-state index >= 15 is 0 Å². The third-order valence-corrected chi connectivity index (χ3v) is 8.71. The van der Waals surface area contributed by atoms with Crippen molar-refractivity contribution >= 4 is 23.5 Å². The van der Waals surface area contributed by atoms with Crippen molar-refractivity contribution < 1.29 is 38.5 Å². The maximum atomic E-state index is 12.6. The SMILES string of the molecule is CCCCCCCCCCCCCCCC(=O)OC1=C(CO)OC(OC(=O)CCCCCCCCCCCCCCC)C(=O)C1=O. The van der Waals surface area contributed by atoms with Crippen molar-refractivity contribution in [3.8, 4) is 0 Å². The van der Waals surface area contributed by atoms with Crippen LogP contribution < -0.4 is 0 Å². The number of hydrogen-bond acceptors (Lipinski definition) is 8. The van der Waals surface area contributed by atoms with E-state index in [2.05, 4.69) is 13.8 Å². The van der Waals surface area contributed by atoms with E-state index in [0.717, 1.165) is 38.5 Å². The molecule has 8 nitrogen and oxygen atoms in total. The molecule has 1 atom stereocenters. The summed E-state index contributed by atoms with van der Waals surface area (Å²) in [5, 5.41) is 9.69. The van der Waals surface area contributed by atoms with Crippen molar-refractivity contribution in [2.24, 2.45) is 0 Å². The molecular weight excluding hydrogens is 584 g/mol. The molecule has 0 aromatic rings. The molecule has 0 aromatic heterocycles. The topological polar surface area (TPSA) is 116 Å². The maximum Gasteiger partial charge on any atom is 0.311 e. The Morgan fingerprint density at radius 2 is 0.913 bits per heavy atom. The van der Waals surface area contributed by atoms with Gasteiger partial charge in [-0.3, -0.25) is 19.2 Å². The molecule has 0 aliphatic carbocycles. The van der Waals surface area contributed by atoms with Crippen LogP contribution >= 0.6 is 0 Å². The molecule has 0 radical (unpaired) electrons. The van der Waals surface area contributed by atoms with Crippen LogP contribution in [0.1, 0.15) is 194 Å². The molecule has 0 bridgehead atoms. The molecule has 0 saturated carbocycles. The average molecular weight is 651 g/mol. The van der Waals surface area contributed by atoms with Crippen LogP contribution in [0.3, 0.4) is 0 Å². The van der Waals surface area contributed by atoms with Crippen molar-refractivity contribution in [3.05, 3.63) is 11.5 Å². The molecule has 1 N–H and O–H groups in total. The number of aliphatic hydroxyl groups excluding tert-OH is 1. The highest BCUT2D eigenvalue weighted by atomic mass is 16.7. The first-order valence-electron chi connectivity index (χ1n) is 18.9. The van der Waals surface area contributed by atoms with E-state index in [-0.39, 0.29) is 18.6 Å². The molecule has 1 aliphatic rings. The average Bonchev–Trinajstić information content (AvgIpc) is 3.05. The van der Waals surface area contributed by atoms with Gasteiger partial charge in [0.15, 0.2) is 5.76 Å². The van der Waals surface area contributed by atoms with Crippen molar-refractivity contribution in [3.63, 3.8) is 0 Å². The highest BCUT2D eigenvalue weighted by Gasteiger charge is 2.42. The fourth-order valence-corrected chi connectivity index (χ4v) is 5.79. The van der Waals surface area contributed by atoms with Crippen LogP contribution in [0, 0.1) is 0 Å². The lowest BCUT2D eigenvalue weighted by molar-refractivity contribution is -0.185. The largest absolute Gasteiger partial charge is 0.445 e. The lowest BCUT2D eigenvalue weighted by Crippen LogP contribution is -2.41. The Morgan fingerprint density at radius 1 is 0.565 bits per heavy atom. The standard InChI is InChI=1S/C38H66O8/c1-3-5-7-9-11-13-15-17-19-21-23-25-27-29-33(40)45-37-32(31-39)44-38(36(43)35(37)42)46-34(41)30-28-26-24-22-20-18-16-14-12-10-8-6-4-2/h38-39H,3-31H2,1-2H3. The summed E-state index contributed by atoms with van der Waals surface area (Å²) in [6.45, 7) is 3.70. The van der Waals surface area contributed by atoms with Gasteiger partial charge in [0.05, 0.1) is 0 Å². The molecule has 0 saturated heterocycles. The summed E-state index contributed by atoms with van der Waals surface area (Å²) in [4.78, 5) is 49.8. The van der Waals surface area contributed by atoms with Gasteiger partial charge in [-0.2, -0.15) is 0 Å². The zero-order valence-corrected chi connectivity index (χ0v) is 29.4. The summed E-state index contributed by atoms with van der Waals surface area (Å²) < 4.78 is 15.5. The zero-order valence-electron chi connectivity index (χ0n) is 29.4. The Morgan fingerprint density at radius 3 is 1.28 bits per heavy atom. The molecule has 266 valence electrons. The van der Waals surface area contributed by atoms with Gasteiger partial charge in [-0.1, -0.05) is 168 Å². The first-order valence-corrected chi connectivity index (χ1v) is 18.9. The van der Waals surface area contributed by atoms with Gasteiger partial charge in [-0.05, 0) is 12.8 Å². The van der Waals surface area contributed by atoms with Crippen LogP contribution in [0.25, 0.3) is 0 Å². The van der Waals surface area contributed by atoms with E-state index < -0.39 is 42.2 Å². The Labute approximate surface area is 279 Å². The number of hydrogen-bond donors (Lipinski definition) is 1. The third kappa shape index (κ3) is 20.8. The summed E-state index contributed by atoms with van der Waals surface area (Å²) in [7, 11) is 0. The maximum absolute atomic E-state index is 12.6. The number of rotatable bonds is 31. The smallest absolute Gasteiger partial charge is 0.311 e. The Hall–Kier alpha value is -2.22. The van der Waals surface area contributed by atoms with E-state index in [1.807, 2.05) is 0 Å². The molecule has 0 spiro atoms. The quantitative estimate of drug-likeness (QED) is 0.0448. The van der Waals surface area contributed by atoms with Crippen LogP contribution in [0.15, 0.2) is 11.5 Å². The number of aliphatic hydroxyl groups is 1. The predicted molar refractivity (Wildman–Crippen MR) is 182 cm³/mol. The van der Waals surface area contributed by atoms with Gasteiger partial charge in [0.2, 0.25) is 5.76 Å². The van der Waals surface area contributed by atoms with E-state index in [9.17, 15) is 24.3 Å². The Bertz CT molecular complexity index is 865. The molecule has 46 heavy (non-hydrogen) atoms. The molecule has 0 aromatic carbocycles. The van der Waals surface area contributed by atoms with Gasteiger partial charge in [0.25, 0.3) is 11.6 Å². The molecule has 8 heteroatoms. The van der Waals surface area contributed by atoms with E-state index in [1.54, 1.807) is 0 Å². The minimum atomic E-state index is -1.77. The number of allylic oxidation sites excluding steroid dienone is 1. The highest BCUT2D eigenvalue weighted by molar-refractivity contribution is 6.45. The van der Waals surface area contributed by atoms with Crippen LogP contribution in [0.5, 0.6) is 0 Å². The second-order valence-corrected chi connectivity index (χ2v) is 13.0. The fourth-order valence-electron chi connectivity index (χ4n) is 5.79. The Balaban J connectivity index is 2.19. The predicted octanol–water partition coefficient (Wildman–Crippen LogP) is 9.73. The lowest BCUT2D eigenvalue weighted by atomic mass is 10.0. The van der Waals surface area contributed by atoms with Crippen LogP contribution in [0.4, 0.5) is 0 Å². The van der Waals surface area contributed by atoms with Gasteiger partial charge in [0.1, 0.15) is 6.61 Å². The summed E-state index contributed by atoms with van der Waals surface area (Å²) in [6.07, 6.45) is 29.2. The number of ether oxygens (including phenoxy) is 3. The summed E-state index contributed by atoms with van der Waals surface area (Å²) in [5.74, 6) is -4.55. The Kier molecular flexibility index (Phi) is 26.3. The number of ketones is 2. The molecule has 0 fully saturated rings. The van der Waals surface area contributed by atoms with E-state index in [4.69, 9.17) is 14.2 Å². The van der Waals surface area contributed by atoms with Gasteiger partial charge in [-0.15, -0.1) is 0 Å². The molecule has 1 rings (SSSR count). The summed E-state index contributed by atoms with van der Waals surface area (Å²) in [5.41, 5.74) is 0. The monoisotopic (exact) mass is 650 g/mol. The molecule has 1 aliphatic heterocycles. The summed E-state index contributed by atoms with van der Waals surface area (Å²) in [6, 6.07) is 0. The first-order chi connectivity index (χ1) is 22.4. The van der Waals surface area contributed by atoms with Crippen LogP contribution in [-0.2, 0) is 33.4 Å². The number of carbonyl (C=O) groups is 4. The van der Waals surface area contributed by atoms with E-state index in [0.29, 0.717) is 12.8 Å². The van der Waals surface area contributed by atoms with Crippen LogP contribution in [-0.4, -0.2) is 41.5 Å². The fraction of sp³-hybridized carbons (Fsp3) is 0.842.